The molecule has 0 saturated heterocycles. The van der Waals surface area contributed by atoms with Gasteiger partial charge in [0.25, 0.3) is 0 Å². The van der Waals surface area contributed by atoms with E-state index in [1.807, 2.05) is 36.0 Å². The van der Waals surface area contributed by atoms with Crippen molar-refractivity contribution in [2.24, 2.45) is 5.73 Å². The van der Waals surface area contributed by atoms with Crippen LogP contribution in [0.1, 0.15) is 36.9 Å². The molecule has 0 bridgehead atoms. The average molecular weight is 276 g/mol. The van der Waals surface area contributed by atoms with Crippen LogP contribution in [0.25, 0.3) is 5.69 Å². The van der Waals surface area contributed by atoms with Gasteiger partial charge in [-0.1, -0.05) is 17.7 Å². The quantitative estimate of drug-likeness (QED) is 0.930. The summed E-state index contributed by atoms with van der Waals surface area (Å²) < 4.78 is 1.93. The maximum absolute atomic E-state index is 6.11. The zero-order valence-corrected chi connectivity index (χ0v) is 11.8. The molecule has 3 rings (SSSR count). The molecule has 1 unspecified atom stereocenters. The summed E-state index contributed by atoms with van der Waals surface area (Å²) in [6.07, 6.45) is 5.37. The first-order valence-corrected chi connectivity index (χ1v) is 7.11. The van der Waals surface area contributed by atoms with Crippen molar-refractivity contribution < 1.29 is 0 Å². The van der Waals surface area contributed by atoms with Crippen molar-refractivity contribution in [1.29, 1.82) is 0 Å². The minimum atomic E-state index is 0.124. The summed E-state index contributed by atoms with van der Waals surface area (Å²) in [4.78, 5) is 0. The third-order valence-corrected chi connectivity index (χ3v) is 3.68. The summed E-state index contributed by atoms with van der Waals surface area (Å²) in [6.45, 7) is 2.01. The normalized spacial score (nSPS) is 16.6. The largest absolute Gasteiger partial charge is 0.328 e. The van der Waals surface area contributed by atoms with Crippen LogP contribution in [-0.4, -0.2) is 15.8 Å². The molecule has 1 aromatic carbocycles. The van der Waals surface area contributed by atoms with E-state index in [1.54, 1.807) is 0 Å². The highest BCUT2D eigenvalue weighted by molar-refractivity contribution is 6.30. The predicted octanol–water partition coefficient (Wildman–Crippen LogP) is 3.29. The number of benzene rings is 1. The second kappa shape index (κ2) is 4.99. The predicted molar refractivity (Wildman–Crippen MR) is 77.9 cm³/mol. The molecule has 1 atom stereocenters. The minimum Gasteiger partial charge on any atom is -0.328 e. The molecule has 4 heteroatoms. The number of nitrogens with two attached hydrogens (primary N) is 1. The molecule has 0 amide bonds. The van der Waals surface area contributed by atoms with Crippen molar-refractivity contribution in [2.45, 2.75) is 38.1 Å². The molecule has 0 spiro atoms. The molecular formula is C15H18ClN3. The van der Waals surface area contributed by atoms with Crippen molar-refractivity contribution in [3.05, 3.63) is 46.7 Å². The molecule has 2 N–H and O–H groups in total. The van der Waals surface area contributed by atoms with Gasteiger partial charge in [0.15, 0.2) is 0 Å². The highest BCUT2D eigenvalue weighted by atomic mass is 35.5. The summed E-state index contributed by atoms with van der Waals surface area (Å²) in [5.41, 5.74) is 9.32. The summed E-state index contributed by atoms with van der Waals surface area (Å²) in [5.74, 6) is 0.664. The molecule has 1 aromatic heterocycles. The molecule has 3 nitrogen and oxygen atoms in total. The third kappa shape index (κ3) is 2.82. The summed E-state index contributed by atoms with van der Waals surface area (Å²) in [6, 6.07) is 8.14. The topological polar surface area (TPSA) is 43.8 Å². The SMILES string of the molecule is CC(N)Cc1ccc(Cl)cc1-n1ccc(C2CC2)n1. The Morgan fingerprint density at radius 3 is 2.89 bits per heavy atom. The van der Waals surface area contributed by atoms with E-state index in [4.69, 9.17) is 17.3 Å². The van der Waals surface area contributed by atoms with Crippen LogP contribution >= 0.6 is 11.6 Å². The van der Waals surface area contributed by atoms with Crippen LogP contribution in [0.5, 0.6) is 0 Å². The van der Waals surface area contributed by atoms with E-state index in [0.717, 1.165) is 17.1 Å². The molecular weight excluding hydrogens is 258 g/mol. The second-order valence-electron chi connectivity index (χ2n) is 5.41. The fraction of sp³-hybridized carbons (Fsp3) is 0.400. The van der Waals surface area contributed by atoms with E-state index >= 15 is 0 Å². The lowest BCUT2D eigenvalue weighted by Crippen LogP contribution is -2.19. The highest BCUT2D eigenvalue weighted by Gasteiger charge is 2.26. The number of hydrogen-bond acceptors (Lipinski definition) is 2. The van der Waals surface area contributed by atoms with Gasteiger partial charge >= 0.3 is 0 Å². The third-order valence-electron chi connectivity index (χ3n) is 3.44. The number of hydrogen-bond donors (Lipinski definition) is 1. The zero-order chi connectivity index (χ0) is 13.4. The summed E-state index contributed by atoms with van der Waals surface area (Å²) in [7, 11) is 0. The number of halogens is 1. The van der Waals surface area contributed by atoms with Gasteiger partial charge in [-0.3, -0.25) is 0 Å². The van der Waals surface area contributed by atoms with Crippen LogP contribution in [0.3, 0.4) is 0 Å². The molecule has 1 aliphatic carbocycles. The molecule has 0 aliphatic heterocycles. The summed E-state index contributed by atoms with van der Waals surface area (Å²) >= 11 is 6.11. The maximum atomic E-state index is 6.11. The highest BCUT2D eigenvalue weighted by Crippen LogP contribution is 2.39. The molecule has 100 valence electrons. The van der Waals surface area contributed by atoms with Gasteiger partial charge in [0, 0.05) is 23.2 Å². The Labute approximate surface area is 118 Å². The van der Waals surface area contributed by atoms with Crippen molar-refractivity contribution in [2.75, 3.05) is 0 Å². The van der Waals surface area contributed by atoms with Crippen LogP contribution in [-0.2, 0) is 6.42 Å². The molecule has 0 radical (unpaired) electrons. The molecule has 2 aromatic rings. The van der Waals surface area contributed by atoms with Gasteiger partial charge in [0.1, 0.15) is 0 Å². The smallest absolute Gasteiger partial charge is 0.0693 e. The number of rotatable bonds is 4. The zero-order valence-electron chi connectivity index (χ0n) is 11.0. The fourth-order valence-electron chi connectivity index (χ4n) is 2.34. The van der Waals surface area contributed by atoms with Crippen molar-refractivity contribution in [3.8, 4) is 5.69 Å². The van der Waals surface area contributed by atoms with E-state index in [9.17, 15) is 0 Å². The Bertz CT molecular complexity index is 585. The van der Waals surface area contributed by atoms with Crippen molar-refractivity contribution in [1.82, 2.24) is 9.78 Å². The van der Waals surface area contributed by atoms with E-state index in [1.165, 1.54) is 24.1 Å². The first-order chi connectivity index (χ1) is 9.13. The summed E-state index contributed by atoms with van der Waals surface area (Å²) in [5, 5.41) is 5.40. The van der Waals surface area contributed by atoms with Gasteiger partial charge in [-0.25, -0.2) is 4.68 Å². The van der Waals surface area contributed by atoms with Gasteiger partial charge in [-0.2, -0.15) is 5.10 Å². The van der Waals surface area contributed by atoms with Crippen LogP contribution in [0.15, 0.2) is 30.5 Å². The molecule has 1 aliphatic rings. The van der Waals surface area contributed by atoms with E-state index in [0.29, 0.717) is 5.92 Å². The number of aromatic nitrogens is 2. The van der Waals surface area contributed by atoms with E-state index in [2.05, 4.69) is 11.2 Å². The van der Waals surface area contributed by atoms with Crippen LogP contribution in [0.2, 0.25) is 5.02 Å². The monoisotopic (exact) mass is 275 g/mol. The first-order valence-electron chi connectivity index (χ1n) is 6.73. The van der Waals surface area contributed by atoms with Crippen molar-refractivity contribution in [3.63, 3.8) is 0 Å². The Balaban J connectivity index is 1.98. The van der Waals surface area contributed by atoms with Crippen molar-refractivity contribution >= 4 is 11.6 Å². The van der Waals surface area contributed by atoms with E-state index in [-0.39, 0.29) is 6.04 Å². The lowest BCUT2D eigenvalue weighted by molar-refractivity contribution is 0.725. The Hall–Kier alpha value is -1.32. The molecule has 1 saturated carbocycles. The molecule has 19 heavy (non-hydrogen) atoms. The molecule has 1 fully saturated rings. The average Bonchev–Trinajstić information content (AvgIpc) is 3.09. The van der Waals surface area contributed by atoms with Gasteiger partial charge < -0.3 is 5.73 Å². The standard InChI is InChI=1S/C15H18ClN3/c1-10(17)8-12-4-5-13(16)9-15(12)19-7-6-14(18-19)11-2-3-11/h4-7,9-11H,2-3,8,17H2,1H3. The Kier molecular flexibility index (Phi) is 3.33. The lowest BCUT2D eigenvalue weighted by Gasteiger charge is -2.12. The minimum absolute atomic E-state index is 0.124. The molecule has 1 heterocycles. The van der Waals surface area contributed by atoms with Gasteiger partial charge in [-0.05, 0) is 49.9 Å². The first kappa shape index (κ1) is 12.7. The Morgan fingerprint density at radius 2 is 2.21 bits per heavy atom. The van der Waals surface area contributed by atoms with Crippen LogP contribution in [0, 0.1) is 0 Å². The Morgan fingerprint density at radius 1 is 1.42 bits per heavy atom. The van der Waals surface area contributed by atoms with Gasteiger partial charge in [-0.15, -0.1) is 0 Å². The number of nitrogens with zero attached hydrogens (tertiary/aromatic N) is 2. The van der Waals surface area contributed by atoms with Crippen LogP contribution < -0.4 is 5.73 Å². The van der Waals surface area contributed by atoms with E-state index < -0.39 is 0 Å². The second-order valence-corrected chi connectivity index (χ2v) is 5.85. The lowest BCUT2D eigenvalue weighted by atomic mass is 10.1. The van der Waals surface area contributed by atoms with Crippen LogP contribution in [0.4, 0.5) is 0 Å². The maximum Gasteiger partial charge on any atom is 0.0693 e. The van der Waals surface area contributed by atoms with Gasteiger partial charge in [0.05, 0.1) is 11.4 Å². The fourth-order valence-corrected chi connectivity index (χ4v) is 2.51. The van der Waals surface area contributed by atoms with Gasteiger partial charge in [0.2, 0.25) is 0 Å².